The Morgan fingerprint density at radius 2 is 1.65 bits per heavy atom. The molecule has 160 valence electrons. The van der Waals surface area contributed by atoms with Gasteiger partial charge in [0.2, 0.25) is 0 Å². The first-order valence-corrected chi connectivity index (χ1v) is 10.0. The number of benzene rings is 3. The van der Waals surface area contributed by atoms with Gasteiger partial charge in [0.1, 0.15) is 0 Å². The van der Waals surface area contributed by atoms with Crippen molar-refractivity contribution >= 4 is 17.6 Å². The van der Waals surface area contributed by atoms with Gasteiger partial charge in [-0.15, -0.1) is 0 Å². The standard InChI is InChI=1S/C25H25NO5/c1-3-15-30-22-14-13-19(16-23(22)29-2)25(28)31-17-24(27)26-21-12-8-7-11-20(21)18-9-5-4-6-10-18/h4-14,16H,3,15,17H2,1-2H3,(H,26,27). The lowest BCUT2D eigenvalue weighted by Gasteiger charge is -2.13. The van der Waals surface area contributed by atoms with Crippen LogP contribution in [0.15, 0.2) is 72.8 Å². The molecule has 0 aliphatic heterocycles. The molecule has 0 radical (unpaired) electrons. The summed E-state index contributed by atoms with van der Waals surface area (Å²) in [5.41, 5.74) is 2.79. The Labute approximate surface area is 181 Å². The first-order chi connectivity index (χ1) is 15.1. The molecule has 0 fully saturated rings. The van der Waals surface area contributed by atoms with E-state index in [9.17, 15) is 9.59 Å². The van der Waals surface area contributed by atoms with Gasteiger partial charge in [-0.25, -0.2) is 4.79 Å². The van der Waals surface area contributed by atoms with Gasteiger partial charge >= 0.3 is 5.97 Å². The maximum atomic E-state index is 12.4. The molecule has 0 bridgehead atoms. The molecule has 31 heavy (non-hydrogen) atoms. The van der Waals surface area contributed by atoms with Crippen LogP contribution in [0.3, 0.4) is 0 Å². The minimum absolute atomic E-state index is 0.276. The normalized spacial score (nSPS) is 10.3. The SMILES string of the molecule is CCCOc1ccc(C(=O)OCC(=O)Nc2ccccc2-c2ccccc2)cc1OC. The summed E-state index contributed by atoms with van der Waals surface area (Å²) in [5, 5.41) is 2.81. The predicted octanol–water partition coefficient (Wildman–Crippen LogP) is 4.95. The third-order valence-electron chi connectivity index (χ3n) is 4.48. The molecule has 6 heteroatoms. The molecule has 1 N–H and O–H groups in total. The van der Waals surface area contributed by atoms with E-state index >= 15 is 0 Å². The maximum Gasteiger partial charge on any atom is 0.338 e. The summed E-state index contributed by atoms with van der Waals surface area (Å²) in [6.45, 7) is 2.14. The summed E-state index contributed by atoms with van der Waals surface area (Å²) in [4.78, 5) is 24.8. The number of esters is 1. The topological polar surface area (TPSA) is 73.9 Å². The molecule has 0 aliphatic rings. The number of para-hydroxylation sites is 1. The predicted molar refractivity (Wildman–Crippen MR) is 120 cm³/mol. The van der Waals surface area contributed by atoms with Crippen LogP contribution in [0, 0.1) is 0 Å². The van der Waals surface area contributed by atoms with Crippen molar-refractivity contribution in [2.45, 2.75) is 13.3 Å². The van der Waals surface area contributed by atoms with E-state index in [2.05, 4.69) is 5.32 Å². The molecule has 1 amide bonds. The van der Waals surface area contributed by atoms with E-state index < -0.39 is 18.5 Å². The Hall–Kier alpha value is -3.80. The molecule has 0 saturated heterocycles. The second kappa shape index (κ2) is 10.8. The largest absolute Gasteiger partial charge is 0.493 e. The Bertz CT molecular complexity index is 1030. The number of amides is 1. The van der Waals surface area contributed by atoms with E-state index in [1.807, 2.05) is 61.5 Å². The van der Waals surface area contributed by atoms with Crippen LogP contribution in [0.4, 0.5) is 5.69 Å². The van der Waals surface area contributed by atoms with Gasteiger partial charge < -0.3 is 19.5 Å². The molecule has 0 unspecified atom stereocenters. The Morgan fingerprint density at radius 3 is 2.39 bits per heavy atom. The third kappa shape index (κ3) is 5.85. The quantitative estimate of drug-likeness (QED) is 0.497. The fourth-order valence-electron chi connectivity index (χ4n) is 2.99. The second-order valence-corrected chi connectivity index (χ2v) is 6.75. The number of methoxy groups -OCH3 is 1. The molecular formula is C25H25NO5. The van der Waals surface area contributed by atoms with Crippen molar-refractivity contribution in [3.05, 3.63) is 78.4 Å². The average molecular weight is 419 g/mol. The molecule has 0 aliphatic carbocycles. The zero-order valence-electron chi connectivity index (χ0n) is 17.6. The van der Waals surface area contributed by atoms with E-state index in [1.165, 1.54) is 13.2 Å². The summed E-state index contributed by atoms with van der Waals surface area (Å²) in [6.07, 6.45) is 0.857. The molecule has 6 nitrogen and oxygen atoms in total. The van der Waals surface area contributed by atoms with Gasteiger partial charge in [-0.1, -0.05) is 55.5 Å². The molecule has 0 aromatic heterocycles. The number of ether oxygens (including phenoxy) is 3. The minimum atomic E-state index is -0.619. The number of carbonyl (C=O) groups is 2. The average Bonchev–Trinajstić information content (AvgIpc) is 2.82. The number of hydrogen-bond donors (Lipinski definition) is 1. The minimum Gasteiger partial charge on any atom is -0.493 e. The second-order valence-electron chi connectivity index (χ2n) is 6.75. The van der Waals surface area contributed by atoms with Crippen molar-refractivity contribution in [2.24, 2.45) is 0 Å². The molecule has 3 aromatic carbocycles. The Kier molecular flexibility index (Phi) is 7.65. The Balaban J connectivity index is 1.62. The number of carbonyl (C=O) groups excluding carboxylic acids is 2. The lowest BCUT2D eigenvalue weighted by Crippen LogP contribution is -2.21. The van der Waals surface area contributed by atoms with Crippen LogP contribution in [0.5, 0.6) is 11.5 Å². The molecule has 0 saturated carbocycles. The lowest BCUT2D eigenvalue weighted by molar-refractivity contribution is -0.119. The summed E-state index contributed by atoms with van der Waals surface area (Å²) in [5.74, 6) is -0.0567. The number of anilines is 1. The third-order valence-corrected chi connectivity index (χ3v) is 4.48. The van der Waals surface area contributed by atoms with Gasteiger partial charge in [0.15, 0.2) is 18.1 Å². The van der Waals surface area contributed by atoms with Crippen molar-refractivity contribution in [1.29, 1.82) is 0 Å². The van der Waals surface area contributed by atoms with Gasteiger partial charge in [0.05, 0.1) is 19.3 Å². The van der Waals surface area contributed by atoms with Gasteiger partial charge in [-0.05, 0) is 36.2 Å². The number of hydrogen-bond acceptors (Lipinski definition) is 5. The first-order valence-electron chi connectivity index (χ1n) is 10.0. The van der Waals surface area contributed by atoms with E-state index in [0.717, 1.165) is 17.5 Å². The smallest absolute Gasteiger partial charge is 0.338 e. The van der Waals surface area contributed by atoms with Crippen LogP contribution < -0.4 is 14.8 Å². The molecule has 3 rings (SSSR count). The number of nitrogens with one attached hydrogen (secondary N) is 1. The summed E-state index contributed by atoms with van der Waals surface area (Å²) < 4.78 is 16.0. The summed E-state index contributed by atoms with van der Waals surface area (Å²) >= 11 is 0. The van der Waals surface area contributed by atoms with Gasteiger partial charge in [0, 0.05) is 11.3 Å². The fourth-order valence-corrected chi connectivity index (χ4v) is 2.99. The van der Waals surface area contributed by atoms with Crippen LogP contribution >= 0.6 is 0 Å². The highest BCUT2D eigenvalue weighted by atomic mass is 16.5. The molecule has 3 aromatic rings. The molecule has 0 spiro atoms. The molecule has 0 atom stereocenters. The summed E-state index contributed by atoms with van der Waals surface area (Å²) in [6, 6.07) is 22.0. The fraction of sp³-hybridized carbons (Fsp3) is 0.200. The zero-order chi connectivity index (χ0) is 22.1. The van der Waals surface area contributed by atoms with Gasteiger partial charge in [-0.2, -0.15) is 0 Å². The zero-order valence-corrected chi connectivity index (χ0v) is 17.6. The maximum absolute atomic E-state index is 12.4. The van der Waals surface area contributed by atoms with Crippen molar-refractivity contribution in [1.82, 2.24) is 0 Å². The van der Waals surface area contributed by atoms with Crippen molar-refractivity contribution in [3.63, 3.8) is 0 Å². The van der Waals surface area contributed by atoms with Crippen LogP contribution in [-0.4, -0.2) is 32.2 Å². The van der Waals surface area contributed by atoms with Gasteiger partial charge in [-0.3, -0.25) is 4.79 Å². The van der Waals surface area contributed by atoms with Crippen LogP contribution in [0.2, 0.25) is 0 Å². The van der Waals surface area contributed by atoms with E-state index in [4.69, 9.17) is 14.2 Å². The summed E-state index contributed by atoms with van der Waals surface area (Å²) in [7, 11) is 1.50. The first kappa shape index (κ1) is 21.9. The van der Waals surface area contributed by atoms with E-state index in [-0.39, 0.29) is 5.56 Å². The van der Waals surface area contributed by atoms with Gasteiger partial charge in [0.25, 0.3) is 5.91 Å². The van der Waals surface area contributed by atoms with Crippen LogP contribution in [0.1, 0.15) is 23.7 Å². The van der Waals surface area contributed by atoms with E-state index in [0.29, 0.717) is 23.8 Å². The van der Waals surface area contributed by atoms with Crippen molar-refractivity contribution < 1.29 is 23.8 Å². The monoisotopic (exact) mass is 419 g/mol. The highest BCUT2D eigenvalue weighted by molar-refractivity contribution is 5.98. The highest BCUT2D eigenvalue weighted by Gasteiger charge is 2.15. The van der Waals surface area contributed by atoms with Crippen molar-refractivity contribution in [3.8, 4) is 22.6 Å². The molecular weight excluding hydrogens is 394 g/mol. The lowest BCUT2D eigenvalue weighted by atomic mass is 10.0. The highest BCUT2D eigenvalue weighted by Crippen LogP contribution is 2.29. The number of rotatable bonds is 9. The van der Waals surface area contributed by atoms with Crippen molar-refractivity contribution in [2.75, 3.05) is 25.6 Å². The molecule has 0 heterocycles. The van der Waals surface area contributed by atoms with Crippen LogP contribution in [0.25, 0.3) is 11.1 Å². The van der Waals surface area contributed by atoms with E-state index in [1.54, 1.807) is 12.1 Å². The Morgan fingerprint density at radius 1 is 0.903 bits per heavy atom. The van der Waals surface area contributed by atoms with Crippen LogP contribution in [-0.2, 0) is 9.53 Å².